The lowest BCUT2D eigenvalue weighted by Crippen LogP contribution is -1.92. The highest BCUT2D eigenvalue weighted by atomic mass is 16.5. The summed E-state index contributed by atoms with van der Waals surface area (Å²) >= 11 is 0. The Morgan fingerprint density at radius 1 is 0.731 bits per heavy atom. The molecule has 0 aliphatic heterocycles. The molecule has 0 aromatic heterocycles. The van der Waals surface area contributed by atoms with Crippen molar-refractivity contribution in [2.24, 2.45) is 0 Å². The Morgan fingerprint density at radius 3 is 1.65 bits per heavy atom. The maximum absolute atomic E-state index is 5.59. The fourth-order valence-corrected chi connectivity index (χ4v) is 2.80. The molecule has 0 bridgehead atoms. The summed E-state index contributed by atoms with van der Waals surface area (Å²) in [6.07, 6.45) is 5.88. The zero-order chi connectivity index (χ0) is 18.2. The SMILES string of the molecule is C=Cc1ccc(-c2ccc(-c3ccc(COCC=CC)cc3)cc2)cc1. The van der Waals surface area contributed by atoms with Crippen LogP contribution in [0.15, 0.2) is 91.5 Å². The van der Waals surface area contributed by atoms with E-state index in [2.05, 4.69) is 79.4 Å². The Labute approximate surface area is 156 Å². The second kappa shape index (κ2) is 8.98. The van der Waals surface area contributed by atoms with Gasteiger partial charge in [-0.2, -0.15) is 0 Å². The molecule has 3 rings (SSSR count). The molecular formula is C25H24O. The van der Waals surface area contributed by atoms with E-state index in [1.165, 1.54) is 27.8 Å². The quantitative estimate of drug-likeness (QED) is 0.341. The molecule has 130 valence electrons. The van der Waals surface area contributed by atoms with Gasteiger partial charge >= 0.3 is 0 Å². The van der Waals surface area contributed by atoms with Crippen molar-refractivity contribution in [1.29, 1.82) is 0 Å². The van der Waals surface area contributed by atoms with E-state index in [1.807, 2.05) is 25.2 Å². The lowest BCUT2D eigenvalue weighted by atomic mass is 9.99. The second-order valence-electron chi connectivity index (χ2n) is 6.18. The van der Waals surface area contributed by atoms with E-state index in [0.29, 0.717) is 13.2 Å². The largest absolute Gasteiger partial charge is 0.373 e. The van der Waals surface area contributed by atoms with E-state index >= 15 is 0 Å². The van der Waals surface area contributed by atoms with Crippen molar-refractivity contribution < 1.29 is 4.74 Å². The molecule has 0 spiro atoms. The second-order valence-corrected chi connectivity index (χ2v) is 6.18. The van der Waals surface area contributed by atoms with Gasteiger partial charge in [-0.25, -0.2) is 0 Å². The van der Waals surface area contributed by atoms with Gasteiger partial charge in [0.2, 0.25) is 0 Å². The highest BCUT2D eigenvalue weighted by molar-refractivity contribution is 5.71. The van der Waals surface area contributed by atoms with Crippen LogP contribution in [0.2, 0.25) is 0 Å². The monoisotopic (exact) mass is 340 g/mol. The Morgan fingerprint density at radius 2 is 1.19 bits per heavy atom. The van der Waals surface area contributed by atoms with E-state index in [4.69, 9.17) is 4.74 Å². The zero-order valence-electron chi connectivity index (χ0n) is 15.2. The highest BCUT2D eigenvalue weighted by Crippen LogP contribution is 2.25. The van der Waals surface area contributed by atoms with Crippen LogP contribution in [0.1, 0.15) is 18.1 Å². The van der Waals surface area contributed by atoms with Crippen LogP contribution in [-0.4, -0.2) is 6.61 Å². The van der Waals surface area contributed by atoms with Crippen LogP contribution in [0.4, 0.5) is 0 Å². The van der Waals surface area contributed by atoms with Crippen molar-refractivity contribution in [1.82, 2.24) is 0 Å². The van der Waals surface area contributed by atoms with Gasteiger partial charge < -0.3 is 4.74 Å². The summed E-state index contributed by atoms with van der Waals surface area (Å²) in [6.45, 7) is 7.10. The summed E-state index contributed by atoms with van der Waals surface area (Å²) in [6, 6.07) is 25.7. The number of allylic oxidation sites excluding steroid dienone is 1. The predicted molar refractivity (Wildman–Crippen MR) is 112 cm³/mol. The zero-order valence-corrected chi connectivity index (χ0v) is 15.2. The normalized spacial score (nSPS) is 11.0. The fourth-order valence-electron chi connectivity index (χ4n) is 2.80. The Kier molecular flexibility index (Phi) is 6.19. The molecule has 0 aliphatic carbocycles. The molecule has 1 nitrogen and oxygen atoms in total. The molecule has 0 atom stereocenters. The number of ether oxygens (including phenoxy) is 1. The van der Waals surface area contributed by atoms with E-state index in [-0.39, 0.29) is 0 Å². The molecule has 0 radical (unpaired) electrons. The molecule has 3 aromatic rings. The van der Waals surface area contributed by atoms with Gasteiger partial charge in [-0.05, 0) is 40.3 Å². The molecule has 26 heavy (non-hydrogen) atoms. The minimum Gasteiger partial charge on any atom is -0.373 e. The topological polar surface area (TPSA) is 9.23 Å². The van der Waals surface area contributed by atoms with Crippen molar-refractivity contribution in [3.05, 3.63) is 103 Å². The summed E-state index contributed by atoms with van der Waals surface area (Å²) in [5.41, 5.74) is 7.21. The van der Waals surface area contributed by atoms with Crippen LogP contribution in [0, 0.1) is 0 Å². The molecule has 0 heterocycles. The Hall–Kier alpha value is -2.90. The van der Waals surface area contributed by atoms with Gasteiger partial charge in [0.25, 0.3) is 0 Å². The Balaban J connectivity index is 1.68. The molecule has 0 N–H and O–H groups in total. The smallest absolute Gasteiger partial charge is 0.0721 e. The molecule has 0 amide bonds. The van der Waals surface area contributed by atoms with E-state index in [0.717, 1.165) is 5.56 Å². The van der Waals surface area contributed by atoms with Gasteiger partial charge in [-0.1, -0.05) is 97.6 Å². The number of benzene rings is 3. The average Bonchev–Trinajstić information content (AvgIpc) is 2.72. The maximum Gasteiger partial charge on any atom is 0.0721 e. The molecule has 0 fully saturated rings. The summed E-state index contributed by atoms with van der Waals surface area (Å²) in [4.78, 5) is 0. The van der Waals surface area contributed by atoms with Crippen molar-refractivity contribution in [3.8, 4) is 22.3 Å². The van der Waals surface area contributed by atoms with Crippen molar-refractivity contribution in [3.63, 3.8) is 0 Å². The first-order valence-electron chi connectivity index (χ1n) is 8.91. The van der Waals surface area contributed by atoms with Crippen molar-refractivity contribution in [2.75, 3.05) is 6.61 Å². The van der Waals surface area contributed by atoms with Crippen LogP contribution in [0.25, 0.3) is 28.3 Å². The van der Waals surface area contributed by atoms with E-state index in [9.17, 15) is 0 Å². The standard InChI is InChI=1S/C25H24O/c1-3-5-18-26-19-21-8-12-23(13-9-21)25-16-14-24(15-17-25)22-10-6-20(4-2)7-11-22/h3-17H,2,18-19H2,1H3. The van der Waals surface area contributed by atoms with Gasteiger partial charge in [0.1, 0.15) is 0 Å². The van der Waals surface area contributed by atoms with Crippen molar-refractivity contribution >= 4 is 6.08 Å². The van der Waals surface area contributed by atoms with Crippen LogP contribution in [0.3, 0.4) is 0 Å². The lowest BCUT2D eigenvalue weighted by molar-refractivity contribution is 0.148. The summed E-state index contributed by atoms with van der Waals surface area (Å²) in [5, 5.41) is 0. The van der Waals surface area contributed by atoms with Crippen molar-refractivity contribution in [2.45, 2.75) is 13.5 Å². The number of hydrogen-bond donors (Lipinski definition) is 0. The Bertz CT molecular complexity index is 854. The van der Waals surface area contributed by atoms with Crippen LogP contribution in [-0.2, 0) is 11.3 Å². The fraction of sp³-hybridized carbons (Fsp3) is 0.120. The molecular weight excluding hydrogens is 316 g/mol. The van der Waals surface area contributed by atoms with Crippen LogP contribution >= 0.6 is 0 Å². The predicted octanol–water partition coefficient (Wildman–Crippen LogP) is 6.76. The first-order chi connectivity index (χ1) is 12.8. The number of rotatable bonds is 7. The highest BCUT2D eigenvalue weighted by Gasteiger charge is 2.01. The first kappa shape index (κ1) is 17.9. The van der Waals surface area contributed by atoms with Gasteiger partial charge in [0, 0.05) is 0 Å². The molecule has 0 aliphatic rings. The summed E-state index contributed by atoms with van der Waals surface area (Å²) < 4.78 is 5.59. The third-order valence-corrected chi connectivity index (χ3v) is 4.37. The van der Waals surface area contributed by atoms with Gasteiger partial charge in [0.05, 0.1) is 13.2 Å². The third kappa shape index (κ3) is 4.59. The molecule has 3 aromatic carbocycles. The van der Waals surface area contributed by atoms with Crippen LogP contribution < -0.4 is 0 Å². The van der Waals surface area contributed by atoms with Crippen LogP contribution in [0.5, 0.6) is 0 Å². The third-order valence-electron chi connectivity index (χ3n) is 4.37. The molecule has 0 saturated carbocycles. The minimum absolute atomic E-state index is 0.643. The maximum atomic E-state index is 5.59. The van der Waals surface area contributed by atoms with Gasteiger partial charge in [0.15, 0.2) is 0 Å². The molecule has 0 saturated heterocycles. The van der Waals surface area contributed by atoms with Gasteiger partial charge in [-0.3, -0.25) is 0 Å². The summed E-state index contributed by atoms with van der Waals surface area (Å²) in [5.74, 6) is 0. The van der Waals surface area contributed by atoms with Gasteiger partial charge in [-0.15, -0.1) is 0 Å². The molecule has 1 heteroatoms. The van der Waals surface area contributed by atoms with E-state index in [1.54, 1.807) is 0 Å². The minimum atomic E-state index is 0.643. The summed E-state index contributed by atoms with van der Waals surface area (Å²) in [7, 11) is 0. The molecule has 0 unspecified atom stereocenters. The lowest BCUT2D eigenvalue weighted by Gasteiger charge is -2.07. The average molecular weight is 340 g/mol. The first-order valence-corrected chi connectivity index (χ1v) is 8.91. The van der Waals surface area contributed by atoms with E-state index < -0.39 is 0 Å². The number of hydrogen-bond acceptors (Lipinski definition) is 1.